The SMILES string of the molecule is CS(=O)(=O)c1ccc2nc(N3CCN(C(=O)CS(=O)(=O)Cc4ccccc4)CC3)sc2c1. The molecule has 2 aromatic carbocycles. The van der Waals surface area contributed by atoms with Crippen LogP contribution >= 0.6 is 11.3 Å². The number of piperazine rings is 1. The predicted molar refractivity (Wildman–Crippen MR) is 125 cm³/mol. The number of hydrogen-bond acceptors (Lipinski definition) is 8. The van der Waals surface area contributed by atoms with Gasteiger partial charge in [-0.2, -0.15) is 0 Å². The number of anilines is 1. The molecule has 1 aromatic heterocycles. The Bertz CT molecular complexity index is 1340. The number of benzene rings is 2. The third kappa shape index (κ3) is 5.28. The molecule has 0 spiro atoms. The Morgan fingerprint density at radius 2 is 1.69 bits per heavy atom. The van der Waals surface area contributed by atoms with Gasteiger partial charge in [0.15, 0.2) is 24.8 Å². The Hall–Kier alpha value is -2.50. The molecule has 0 radical (unpaired) electrons. The minimum atomic E-state index is -3.55. The van der Waals surface area contributed by atoms with E-state index in [1.54, 1.807) is 47.4 Å². The molecule has 1 saturated heterocycles. The largest absolute Gasteiger partial charge is 0.345 e. The van der Waals surface area contributed by atoms with Gasteiger partial charge in [0.1, 0.15) is 5.75 Å². The quantitative estimate of drug-likeness (QED) is 0.517. The Labute approximate surface area is 191 Å². The molecule has 3 aromatic rings. The van der Waals surface area contributed by atoms with E-state index in [0.29, 0.717) is 31.7 Å². The van der Waals surface area contributed by atoms with Gasteiger partial charge in [0, 0.05) is 32.4 Å². The number of carbonyl (C=O) groups is 1. The fourth-order valence-electron chi connectivity index (χ4n) is 3.56. The zero-order valence-corrected chi connectivity index (χ0v) is 19.9. The molecule has 2 heterocycles. The van der Waals surface area contributed by atoms with Gasteiger partial charge in [-0.05, 0) is 23.8 Å². The molecule has 0 bridgehead atoms. The van der Waals surface area contributed by atoms with Gasteiger partial charge in [0.05, 0.1) is 20.9 Å². The molecule has 0 unspecified atom stereocenters. The highest BCUT2D eigenvalue weighted by Gasteiger charge is 2.27. The van der Waals surface area contributed by atoms with E-state index < -0.39 is 25.4 Å². The minimum Gasteiger partial charge on any atom is -0.345 e. The van der Waals surface area contributed by atoms with Crippen molar-refractivity contribution in [3.63, 3.8) is 0 Å². The molecule has 1 amide bonds. The van der Waals surface area contributed by atoms with Crippen LogP contribution in [0.15, 0.2) is 53.4 Å². The van der Waals surface area contributed by atoms with Gasteiger partial charge in [-0.25, -0.2) is 21.8 Å². The number of sulfone groups is 2. The van der Waals surface area contributed by atoms with Crippen molar-refractivity contribution in [2.75, 3.05) is 43.1 Å². The Balaban J connectivity index is 1.38. The Morgan fingerprint density at radius 3 is 2.34 bits per heavy atom. The molecule has 1 aliphatic heterocycles. The van der Waals surface area contributed by atoms with Gasteiger partial charge in [0.25, 0.3) is 0 Å². The molecule has 0 atom stereocenters. The van der Waals surface area contributed by atoms with Gasteiger partial charge in [-0.1, -0.05) is 41.7 Å². The summed E-state index contributed by atoms with van der Waals surface area (Å²) in [6.45, 7) is 1.88. The highest BCUT2D eigenvalue weighted by molar-refractivity contribution is 7.91. The molecule has 11 heteroatoms. The number of carbonyl (C=O) groups excluding carboxylic acids is 1. The fraction of sp³-hybridized carbons (Fsp3) is 0.333. The highest BCUT2D eigenvalue weighted by Crippen LogP contribution is 2.31. The average Bonchev–Trinajstić information content (AvgIpc) is 3.17. The molecule has 4 rings (SSSR count). The fourth-order valence-corrected chi connectivity index (χ4v) is 6.70. The van der Waals surface area contributed by atoms with Gasteiger partial charge in [0.2, 0.25) is 5.91 Å². The van der Waals surface area contributed by atoms with Crippen molar-refractivity contribution >= 4 is 52.3 Å². The molecule has 170 valence electrons. The van der Waals surface area contributed by atoms with Crippen LogP contribution in [0, 0.1) is 0 Å². The number of nitrogens with zero attached hydrogens (tertiary/aromatic N) is 3. The van der Waals surface area contributed by atoms with E-state index in [9.17, 15) is 21.6 Å². The standard InChI is InChI=1S/C21H23N3O5S3/c1-31(26,27)17-7-8-18-19(13-17)30-21(22-18)24-11-9-23(10-12-24)20(25)15-32(28,29)14-16-5-3-2-4-6-16/h2-8,13H,9-12,14-15H2,1H3. The molecule has 0 saturated carbocycles. The van der Waals surface area contributed by atoms with Crippen molar-refractivity contribution in [1.82, 2.24) is 9.88 Å². The van der Waals surface area contributed by atoms with E-state index in [4.69, 9.17) is 0 Å². The summed E-state index contributed by atoms with van der Waals surface area (Å²) in [5, 5.41) is 0.759. The molecular weight excluding hydrogens is 470 g/mol. The zero-order valence-electron chi connectivity index (χ0n) is 17.5. The summed E-state index contributed by atoms with van der Waals surface area (Å²) >= 11 is 1.41. The average molecular weight is 494 g/mol. The highest BCUT2D eigenvalue weighted by atomic mass is 32.2. The molecule has 1 aliphatic rings. The number of rotatable bonds is 6. The van der Waals surface area contributed by atoms with Crippen LogP contribution in [0.1, 0.15) is 5.56 Å². The van der Waals surface area contributed by atoms with E-state index in [-0.39, 0.29) is 16.6 Å². The van der Waals surface area contributed by atoms with Crippen LogP contribution in [0.25, 0.3) is 10.2 Å². The van der Waals surface area contributed by atoms with E-state index >= 15 is 0 Å². The minimum absolute atomic E-state index is 0.152. The first-order valence-corrected chi connectivity index (χ1v) is 14.5. The van der Waals surface area contributed by atoms with Gasteiger partial charge in [-0.15, -0.1) is 0 Å². The van der Waals surface area contributed by atoms with Crippen molar-refractivity contribution < 1.29 is 21.6 Å². The maximum Gasteiger partial charge on any atom is 0.237 e. The van der Waals surface area contributed by atoms with Crippen LogP contribution in [0.3, 0.4) is 0 Å². The van der Waals surface area contributed by atoms with Crippen molar-refractivity contribution in [2.45, 2.75) is 10.6 Å². The summed E-state index contributed by atoms with van der Waals surface area (Å²) in [6, 6.07) is 13.7. The van der Waals surface area contributed by atoms with Crippen LogP contribution in [0.4, 0.5) is 5.13 Å². The first kappa shape index (κ1) is 22.7. The monoisotopic (exact) mass is 493 g/mol. The summed E-state index contributed by atoms with van der Waals surface area (Å²) in [5.41, 5.74) is 1.39. The van der Waals surface area contributed by atoms with Gasteiger partial charge >= 0.3 is 0 Å². The van der Waals surface area contributed by atoms with Crippen LogP contribution in [0.2, 0.25) is 0 Å². The van der Waals surface area contributed by atoms with Crippen LogP contribution in [-0.2, 0) is 30.2 Å². The maximum atomic E-state index is 12.6. The molecule has 32 heavy (non-hydrogen) atoms. The van der Waals surface area contributed by atoms with Crippen molar-refractivity contribution in [3.05, 3.63) is 54.1 Å². The summed E-state index contributed by atoms with van der Waals surface area (Å²) in [4.78, 5) is 21.0. The third-order valence-corrected chi connectivity index (χ3v) is 8.90. The lowest BCUT2D eigenvalue weighted by Gasteiger charge is -2.34. The molecule has 0 N–H and O–H groups in total. The summed E-state index contributed by atoms with van der Waals surface area (Å²) in [7, 11) is -6.84. The lowest BCUT2D eigenvalue weighted by molar-refractivity contribution is -0.128. The van der Waals surface area contributed by atoms with Crippen LogP contribution in [0.5, 0.6) is 0 Å². The number of aromatic nitrogens is 1. The summed E-state index contributed by atoms with van der Waals surface area (Å²) in [5.74, 6) is -1.04. The van der Waals surface area contributed by atoms with E-state index in [1.165, 1.54) is 17.6 Å². The normalized spacial score (nSPS) is 15.3. The maximum absolute atomic E-state index is 12.6. The van der Waals surface area contributed by atoms with Crippen molar-refractivity contribution in [2.24, 2.45) is 0 Å². The number of thiazole rings is 1. The van der Waals surface area contributed by atoms with E-state index in [0.717, 1.165) is 15.3 Å². The van der Waals surface area contributed by atoms with Crippen molar-refractivity contribution in [1.29, 1.82) is 0 Å². The molecule has 8 nitrogen and oxygen atoms in total. The lowest BCUT2D eigenvalue weighted by atomic mass is 10.2. The third-order valence-electron chi connectivity index (χ3n) is 5.25. The second kappa shape index (κ2) is 8.80. The van der Waals surface area contributed by atoms with E-state index in [2.05, 4.69) is 4.98 Å². The zero-order chi connectivity index (χ0) is 22.9. The molecular formula is C21H23N3O5S3. The number of fused-ring (bicyclic) bond motifs is 1. The molecule has 1 fully saturated rings. The second-order valence-corrected chi connectivity index (χ2v) is 12.9. The van der Waals surface area contributed by atoms with Crippen LogP contribution < -0.4 is 4.90 Å². The van der Waals surface area contributed by atoms with Crippen molar-refractivity contribution in [3.8, 4) is 0 Å². The van der Waals surface area contributed by atoms with E-state index in [1.807, 2.05) is 11.0 Å². The number of hydrogen-bond donors (Lipinski definition) is 0. The van der Waals surface area contributed by atoms with Gasteiger partial charge < -0.3 is 9.80 Å². The van der Waals surface area contributed by atoms with Gasteiger partial charge in [-0.3, -0.25) is 4.79 Å². The topological polar surface area (TPSA) is 105 Å². The Morgan fingerprint density at radius 1 is 1.00 bits per heavy atom. The summed E-state index contributed by atoms with van der Waals surface area (Å²) < 4.78 is 49.2. The predicted octanol–water partition coefficient (Wildman–Crippen LogP) is 1.96. The summed E-state index contributed by atoms with van der Waals surface area (Å²) in [6.07, 6.45) is 1.17. The lowest BCUT2D eigenvalue weighted by Crippen LogP contribution is -2.50. The smallest absolute Gasteiger partial charge is 0.237 e. The first-order chi connectivity index (χ1) is 15.1. The van der Waals surface area contributed by atoms with Crippen LogP contribution in [-0.4, -0.2) is 70.8 Å². The second-order valence-electron chi connectivity index (χ2n) is 7.78. The Kier molecular flexibility index (Phi) is 6.24. The number of amides is 1. The first-order valence-electron chi connectivity index (χ1n) is 9.98. The molecule has 0 aliphatic carbocycles.